The van der Waals surface area contributed by atoms with E-state index in [-0.39, 0.29) is 11.0 Å². The summed E-state index contributed by atoms with van der Waals surface area (Å²) in [7, 11) is 0. The van der Waals surface area contributed by atoms with E-state index in [0.717, 1.165) is 12.3 Å². The number of nitrogens with one attached hydrogen (secondary N) is 1. The Morgan fingerprint density at radius 1 is 1.20 bits per heavy atom. The molecule has 1 atom stereocenters. The topological polar surface area (TPSA) is 29.1 Å². The summed E-state index contributed by atoms with van der Waals surface area (Å²) in [6.07, 6.45) is 9.93. The van der Waals surface area contributed by atoms with Gasteiger partial charge in [-0.3, -0.25) is 4.79 Å². The van der Waals surface area contributed by atoms with Gasteiger partial charge in [0.05, 0.1) is 0 Å². The van der Waals surface area contributed by atoms with Gasteiger partial charge in [0.25, 0.3) is 0 Å². The van der Waals surface area contributed by atoms with E-state index in [1.807, 2.05) is 0 Å². The molecule has 3 aliphatic rings. The highest BCUT2D eigenvalue weighted by molar-refractivity contribution is 5.81. The second-order valence-corrected chi connectivity index (χ2v) is 6.06. The van der Waals surface area contributed by atoms with Crippen LogP contribution in [0.25, 0.3) is 0 Å². The summed E-state index contributed by atoms with van der Waals surface area (Å²) >= 11 is 0. The monoisotopic (exact) mass is 207 g/mol. The lowest BCUT2D eigenvalue weighted by Crippen LogP contribution is -2.53. The van der Waals surface area contributed by atoms with Gasteiger partial charge < -0.3 is 5.32 Å². The van der Waals surface area contributed by atoms with E-state index in [2.05, 4.69) is 12.2 Å². The summed E-state index contributed by atoms with van der Waals surface area (Å²) in [6.45, 7) is 2.37. The number of carbonyl (C=O) groups is 1. The van der Waals surface area contributed by atoms with E-state index in [1.54, 1.807) is 0 Å². The first-order valence-electron chi connectivity index (χ1n) is 6.47. The molecule has 0 aromatic carbocycles. The molecule has 1 spiro atoms. The maximum Gasteiger partial charge on any atom is 0.221 e. The summed E-state index contributed by atoms with van der Waals surface area (Å²) in [5.74, 6) is 1.14. The van der Waals surface area contributed by atoms with E-state index in [1.165, 1.54) is 44.9 Å². The van der Waals surface area contributed by atoms with Gasteiger partial charge in [-0.15, -0.1) is 0 Å². The molecule has 15 heavy (non-hydrogen) atoms. The van der Waals surface area contributed by atoms with Gasteiger partial charge in [0, 0.05) is 17.4 Å². The van der Waals surface area contributed by atoms with E-state index >= 15 is 0 Å². The largest absolute Gasteiger partial charge is 0.350 e. The molecule has 1 amide bonds. The fourth-order valence-electron chi connectivity index (χ4n) is 4.06. The van der Waals surface area contributed by atoms with Crippen LogP contribution < -0.4 is 5.32 Å². The van der Waals surface area contributed by atoms with Crippen molar-refractivity contribution in [1.82, 2.24) is 5.32 Å². The minimum atomic E-state index is 0.184. The highest BCUT2D eigenvalue weighted by Gasteiger charge is 2.60. The molecule has 1 unspecified atom stereocenters. The third-order valence-corrected chi connectivity index (χ3v) is 5.19. The van der Waals surface area contributed by atoms with E-state index < -0.39 is 0 Å². The standard InChI is InChI=1S/C13H21NO/c1-12(10-5-6-10)9-11(15)14-13(12)7-3-2-4-8-13/h10H,2-9H2,1H3,(H,14,15). The number of hydrogen-bond donors (Lipinski definition) is 1. The molecule has 0 bridgehead atoms. The van der Waals surface area contributed by atoms with Crippen LogP contribution in [0.15, 0.2) is 0 Å². The van der Waals surface area contributed by atoms with Crippen LogP contribution in [0.2, 0.25) is 0 Å². The second kappa shape index (κ2) is 2.99. The number of amides is 1. The molecule has 3 rings (SSSR count). The Morgan fingerprint density at radius 3 is 2.47 bits per heavy atom. The molecule has 0 radical (unpaired) electrons. The Hall–Kier alpha value is -0.530. The molecule has 0 aromatic rings. The maximum atomic E-state index is 11.8. The Bertz CT molecular complexity index is 289. The van der Waals surface area contributed by atoms with Gasteiger partial charge in [0.2, 0.25) is 5.91 Å². The third-order valence-electron chi connectivity index (χ3n) is 5.19. The zero-order valence-corrected chi connectivity index (χ0v) is 9.64. The smallest absolute Gasteiger partial charge is 0.221 e. The molecule has 2 heteroatoms. The van der Waals surface area contributed by atoms with Crippen LogP contribution in [0.5, 0.6) is 0 Å². The summed E-state index contributed by atoms with van der Waals surface area (Å²) < 4.78 is 0. The lowest BCUT2D eigenvalue weighted by atomic mass is 9.62. The molecule has 2 aliphatic carbocycles. The van der Waals surface area contributed by atoms with E-state index in [9.17, 15) is 4.79 Å². The molecule has 1 aliphatic heterocycles. The first-order valence-corrected chi connectivity index (χ1v) is 6.47. The lowest BCUT2D eigenvalue weighted by molar-refractivity contribution is -0.120. The van der Waals surface area contributed by atoms with Crippen LogP contribution in [-0.2, 0) is 4.79 Å². The predicted molar refractivity (Wildman–Crippen MR) is 59.4 cm³/mol. The zero-order valence-electron chi connectivity index (χ0n) is 9.64. The lowest BCUT2D eigenvalue weighted by Gasteiger charge is -2.46. The number of hydrogen-bond acceptors (Lipinski definition) is 1. The molecular weight excluding hydrogens is 186 g/mol. The second-order valence-electron chi connectivity index (χ2n) is 6.06. The summed E-state index contributed by atoms with van der Waals surface area (Å²) in [5.41, 5.74) is 0.466. The van der Waals surface area contributed by atoms with Crippen molar-refractivity contribution < 1.29 is 4.79 Å². The molecule has 3 fully saturated rings. The highest BCUT2D eigenvalue weighted by Crippen LogP contribution is 2.59. The van der Waals surface area contributed by atoms with Crippen molar-refractivity contribution in [2.45, 2.75) is 63.8 Å². The van der Waals surface area contributed by atoms with Crippen LogP contribution in [0, 0.1) is 11.3 Å². The molecule has 1 heterocycles. The molecule has 2 saturated carbocycles. The van der Waals surface area contributed by atoms with Gasteiger partial charge >= 0.3 is 0 Å². The SMILES string of the molecule is CC1(C2CC2)CC(=O)NC12CCCCC2. The molecule has 0 aromatic heterocycles. The van der Waals surface area contributed by atoms with E-state index in [0.29, 0.717) is 5.91 Å². The summed E-state index contributed by atoms with van der Waals surface area (Å²) in [4.78, 5) is 11.8. The third kappa shape index (κ3) is 1.26. The van der Waals surface area contributed by atoms with Gasteiger partial charge in [-0.1, -0.05) is 26.2 Å². The van der Waals surface area contributed by atoms with Crippen molar-refractivity contribution in [1.29, 1.82) is 0 Å². The van der Waals surface area contributed by atoms with Gasteiger partial charge in [-0.2, -0.15) is 0 Å². The predicted octanol–water partition coefficient (Wildman–Crippen LogP) is 2.63. The van der Waals surface area contributed by atoms with Crippen molar-refractivity contribution in [3.63, 3.8) is 0 Å². The number of carbonyl (C=O) groups excluding carboxylic acids is 1. The maximum absolute atomic E-state index is 11.8. The van der Waals surface area contributed by atoms with Gasteiger partial charge in [-0.25, -0.2) is 0 Å². The van der Waals surface area contributed by atoms with Crippen molar-refractivity contribution in [3.8, 4) is 0 Å². The fourth-order valence-corrected chi connectivity index (χ4v) is 4.06. The van der Waals surface area contributed by atoms with Gasteiger partial charge in [-0.05, 0) is 31.6 Å². The summed E-state index contributed by atoms with van der Waals surface area (Å²) in [5, 5.41) is 3.34. The van der Waals surface area contributed by atoms with Gasteiger partial charge in [0.1, 0.15) is 0 Å². The normalized spacial score (nSPS) is 39.4. The first kappa shape index (κ1) is 9.68. The fraction of sp³-hybridized carbons (Fsp3) is 0.923. The van der Waals surface area contributed by atoms with Crippen molar-refractivity contribution >= 4 is 5.91 Å². The van der Waals surface area contributed by atoms with Crippen LogP contribution in [0.4, 0.5) is 0 Å². The van der Waals surface area contributed by atoms with Crippen molar-refractivity contribution in [2.24, 2.45) is 11.3 Å². The van der Waals surface area contributed by atoms with E-state index in [4.69, 9.17) is 0 Å². The van der Waals surface area contributed by atoms with Crippen LogP contribution >= 0.6 is 0 Å². The summed E-state index contributed by atoms with van der Waals surface area (Å²) in [6, 6.07) is 0. The number of rotatable bonds is 1. The highest BCUT2D eigenvalue weighted by atomic mass is 16.2. The Morgan fingerprint density at radius 2 is 1.87 bits per heavy atom. The quantitative estimate of drug-likeness (QED) is 0.703. The van der Waals surface area contributed by atoms with Crippen LogP contribution in [0.3, 0.4) is 0 Å². The van der Waals surface area contributed by atoms with Crippen molar-refractivity contribution in [2.75, 3.05) is 0 Å². The average Bonchev–Trinajstić information content (AvgIpc) is 2.98. The zero-order chi connectivity index (χ0) is 10.5. The minimum Gasteiger partial charge on any atom is -0.350 e. The van der Waals surface area contributed by atoms with Crippen LogP contribution in [-0.4, -0.2) is 11.4 Å². The Labute approximate surface area is 91.8 Å². The van der Waals surface area contributed by atoms with Crippen molar-refractivity contribution in [3.05, 3.63) is 0 Å². The molecule has 2 nitrogen and oxygen atoms in total. The Balaban J connectivity index is 1.93. The minimum absolute atomic E-state index is 0.184. The Kier molecular flexibility index (Phi) is 1.93. The molecular formula is C13H21NO. The average molecular weight is 207 g/mol. The van der Waals surface area contributed by atoms with Gasteiger partial charge in [0.15, 0.2) is 0 Å². The molecule has 1 saturated heterocycles. The molecule has 1 N–H and O–H groups in total. The van der Waals surface area contributed by atoms with Crippen LogP contribution in [0.1, 0.15) is 58.3 Å². The first-order chi connectivity index (χ1) is 7.16. The molecule has 84 valence electrons.